The highest BCUT2D eigenvalue weighted by Gasteiger charge is 2.40. The zero-order valence-electron chi connectivity index (χ0n) is 14.7. The van der Waals surface area contributed by atoms with Crippen molar-refractivity contribution in [2.45, 2.75) is 51.2 Å². The fourth-order valence-electron chi connectivity index (χ4n) is 4.39. The summed E-state index contributed by atoms with van der Waals surface area (Å²) < 4.78 is 5.24. The minimum Gasteiger partial charge on any atom is -0.448 e. The van der Waals surface area contributed by atoms with Crippen LogP contribution >= 0.6 is 0 Å². The van der Waals surface area contributed by atoms with E-state index in [1.807, 2.05) is 11.8 Å². The molecule has 2 saturated heterocycles. The zero-order valence-corrected chi connectivity index (χ0v) is 14.7. The van der Waals surface area contributed by atoms with Crippen molar-refractivity contribution in [3.8, 4) is 0 Å². The van der Waals surface area contributed by atoms with E-state index in [-0.39, 0.29) is 11.9 Å². The Morgan fingerprint density at radius 2 is 1.92 bits per heavy atom. The number of rotatable bonds is 4. The maximum Gasteiger partial charge on any atom is 0.276 e. The van der Waals surface area contributed by atoms with E-state index in [9.17, 15) is 4.79 Å². The first-order valence-electron chi connectivity index (χ1n) is 9.23. The first-order chi connectivity index (χ1) is 12.2. The van der Waals surface area contributed by atoms with Crippen LogP contribution in [0.2, 0.25) is 0 Å². The van der Waals surface area contributed by atoms with E-state index in [2.05, 4.69) is 40.2 Å². The second-order valence-electron chi connectivity index (χ2n) is 7.13. The standard InChI is InChI=1S/C20H25N3O2/c1-15-19(21-14-25-15)20(24)23-12-6-10-18(23)17-9-5-11-22(17)13-16-7-3-2-4-8-16/h2-4,7-8,14,17-18H,5-6,9-13H2,1H3/t17-,18+/m1/s1. The summed E-state index contributed by atoms with van der Waals surface area (Å²) in [7, 11) is 0. The molecule has 0 aliphatic carbocycles. The average molecular weight is 339 g/mol. The maximum absolute atomic E-state index is 12.9. The first-order valence-corrected chi connectivity index (χ1v) is 9.23. The van der Waals surface area contributed by atoms with Crippen molar-refractivity contribution < 1.29 is 9.21 Å². The van der Waals surface area contributed by atoms with Crippen LogP contribution < -0.4 is 0 Å². The van der Waals surface area contributed by atoms with Gasteiger partial charge in [-0.25, -0.2) is 4.98 Å². The Bertz CT molecular complexity index is 728. The highest BCUT2D eigenvalue weighted by atomic mass is 16.3. The molecule has 0 saturated carbocycles. The minimum atomic E-state index is 0.0281. The smallest absolute Gasteiger partial charge is 0.276 e. The van der Waals surface area contributed by atoms with Crippen molar-refractivity contribution in [3.63, 3.8) is 0 Å². The molecule has 5 heteroatoms. The predicted octanol–water partition coefficient (Wildman–Crippen LogP) is 3.25. The fraction of sp³-hybridized carbons (Fsp3) is 0.500. The number of amides is 1. The summed E-state index contributed by atoms with van der Waals surface area (Å²) >= 11 is 0. The van der Waals surface area contributed by atoms with Gasteiger partial charge >= 0.3 is 0 Å². The Kier molecular flexibility index (Phi) is 4.57. The van der Waals surface area contributed by atoms with Crippen LogP contribution in [-0.2, 0) is 6.54 Å². The number of benzene rings is 1. The van der Waals surface area contributed by atoms with E-state index in [1.54, 1.807) is 0 Å². The number of hydrogen-bond acceptors (Lipinski definition) is 4. The third-order valence-corrected chi connectivity index (χ3v) is 5.59. The summed E-state index contributed by atoms with van der Waals surface area (Å²) in [6.45, 7) is 4.71. The largest absolute Gasteiger partial charge is 0.448 e. The molecular formula is C20H25N3O2. The van der Waals surface area contributed by atoms with Crippen LogP contribution in [-0.4, -0.2) is 45.9 Å². The second kappa shape index (κ2) is 7.00. The summed E-state index contributed by atoms with van der Waals surface area (Å²) in [5.74, 6) is 0.642. The molecule has 3 heterocycles. The number of hydrogen-bond donors (Lipinski definition) is 0. The van der Waals surface area contributed by atoms with Crippen LogP contribution in [0.15, 0.2) is 41.1 Å². The molecule has 0 unspecified atom stereocenters. The molecule has 0 radical (unpaired) electrons. The number of aryl methyl sites for hydroxylation is 1. The summed E-state index contributed by atoms with van der Waals surface area (Å²) in [4.78, 5) is 21.7. The molecule has 0 spiro atoms. The Morgan fingerprint density at radius 3 is 2.68 bits per heavy atom. The minimum absolute atomic E-state index is 0.0281. The van der Waals surface area contributed by atoms with Crippen molar-refractivity contribution in [2.24, 2.45) is 0 Å². The van der Waals surface area contributed by atoms with E-state index < -0.39 is 0 Å². The van der Waals surface area contributed by atoms with Gasteiger partial charge < -0.3 is 9.32 Å². The summed E-state index contributed by atoms with van der Waals surface area (Å²) in [6, 6.07) is 11.4. The molecule has 2 aliphatic heterocycles. The first kappa shape index (κ1) is 16.3. The monoisotopic (exact) mass is 339 g/mol. The van der Waals surface area contributed by atoms with E-state index in [0.29, 0.717) is 17.5 Å². The van der Waals surface area contributed by atoms with Crippen molar-refractivity contribution >= 4 is 5.91 Å². The highest BCUT2D eigenvalue weighted by molar-refractivity contribution is 5.93. The normalized spacial score (nSPS) is 24.1. The Morgan fingerprint density at radius 1 is 1.16 bits per heavy atom. The molecule has 2 aromatic rings. The van der Waals surface area contributed by atoms with Crippen molar-refractivity contribution in [2.75, 3.05) is 13.1 Å². The lowest BCUT2D eigenvalue weighted by molar-refractivity contribution is 0.0632. The van der Waals surface area contributed by atoms with Crippen LogP contribution in [0.3, 0.4) is 0 Å². The van der Waals surface area contributed by atoms with Gasteiger partial charge in [-0.1, -0.05) is 30.3 Å². The van der Waals surface area contributed by atoms with Gasteiger partial charge in [0.25, 0.3) is 5.91 Å². The van der Waals surface area contributed by atoms with Crippen LogP contribution in [0.4, 0.5) is 0 Å². The molecule has 2 atom stereocenters. The van der Waals surface area contributed by atoms with Gasteiger partial charge in [-0.2, -0.15) is 0 Å². The maximum atomic E-state index is 12.9. The second-order valence-corrected chi connectivity index (χ2v) is 7.13. The van der Waals surface area contributed by atoms with E-state index in [4.69, 9.17) is 4.42 Å². The Hall–Kier alpha value is -2.14. The van der Waals surface area contributed by atoms with Crippen LogP contribution in [0.5, 0.6) is 0 Å². The lowest BCUT2D eigenvalue weighted by Gasteiger charge is -2.35. The third-order valence-electron chi connectivity index (χ3n) is 5.59. The summed E-state index contributed by atoms with van der Waals surface area (Å²) in [5, 5.41) is 0. The molecule has 4 rings (SSSR count). The molecule has 1 amide bonds. The van der Waals surface area contributed by atoms with Gasteiger partial charge in [0.15, 0.2) is 12.1 Å². The molecule has 1 aromatic heterocycles. The van der Waals surface area contributed by atoms with E-state index >= 15 is 0 Å². The number of likely N-dealkylation sites (tertiary alicyclic amines) is 2. The van der Waals surface area contributed by atoms with Crippen LogP contribution in [0.1, 0.15) is 47.5 Å². The molecule has 132 valence electrons. The van der Waals surface area contributed by atoms with Crippen LogP contribution in [0, 0.1) is 6.92 Å². The SMILES string of the molecule is Cc1ocnc1C(=O)N1CCC[C@H]1[C@H]1CCCN1Cc1ccccc1. The number of oxazole rings is 1. The molecule has 5 nitrogen and oxygen atoms in total. The van der Waals surface area contributed by atoms with Gasteiger partial charge in [0.2, 0.25) is 0 Å². The average Bonchev–Trinajstić information content (AvgIpc) is 3.35. The van der Waals surface area contributed by atoms with Gasteiger partial charge in [0.1, 0.15) is 5.76 Å². The predicted molar refractivity (Wildman–Crippen MR) is 95.2 cm³/mol. The van der Waals surface area contributed by atoms with Gasteiger partial charge in [0.05, 0.1) is 0 Å². The lowest BCUT2D eigenvalue weighted by Crippen LogP contribution is -2.48. The molecule has 1 aromatic carbocycles. The summed E-state index contributed by atoms with van der Waals surface area (Å²) in [6.07, 6.45) is 5.89. The Balaban J connectivity index is 1.51. The number of carbonyl (C=O) groups excluding carboxylic acids is 1. The topological polar surface area (TPSA) is 49.6 Å². The molecule has 25 heavy (non-hydrogen) atoms. The van der Waals surface area contributed by atoms with Gasteiger partial charge in [-0.05, 0) is 44.7 Å². The van der Waals surface area contributed by atoms with Gasteiger partial charge in [0, 0.05) is 25.2 Å². The number of aromatic nitrogens is 1. The number of nitrogens with zero attached hydrogens (tertiary/aromatic N) is 3. The van der Waals surface area contributed by atoms with Crippen molar-refractivity contribution in [1.82, 2.24) is 14.8 Å². The molecule has 0 N–H and O–H groups in total. The molecular weight excluding hydrogens is 314 g/mol. The number of carbonyl (C=O) groups is 1. The Labute approximate surface area is 148 Å². The lowest BCUT2D eigenvalue weighted by atomic mass is 10.0. The van der Waals surface area contributed by atoms with Crippen LogP contribution in [0.25, 0.3) is 0 Å². The molecule has 2 aliphatic rings. The van der Waals surface area contributed by atoms with Gasteiger partial charge in [-0.15, -0.1) is 0 Å². The van der Waals surface area contributed by atoms with E-state index in [0.717, 1.165) is 32.5 Å². The quantitative estimate of drug-likeness (QED) is 0.858. The molecule has 2 fully saturated rings. The van der Waals surface area contributed by atoms with E-state index in [1.165, 1.54) is 24.8 Å². The zero-order chi connectivity index (χ0) is 17.2. The van der Waals surface area contributed by atoms with Gasteiger partial charge in [-0.3, -0.25) is 9.69 Å². The highest BCUT2D eigenvalue weighted by Crippen LogP contribution is 2.32. The summed E-state index contributed by atoms with van der Waals surface area (Å²) in [5.41, 5.74) is 1.82. The fourth-order valence-corrected chi connectivity index (χ4v) is 4.39. The van der Waals surface area contributed by atoms with Crippen molar-refractivity contribution in [3.05, 3.63) is 53.7 Å². The molecule has 0 bridgehead atoms. The van der Waals surface area contributed by atoms with Crippen molar-refractivity contribution in [1.29, 1.82) is 0 Å². The third kappa shape index (κ3) is 3.21.